The second kappa shape index (κ2) is 6.16. The van der Waals surface area contributed by atoms with Gasteiger partial charge >= 0.3 is 5.97 Å². The standard InChI is InChI=1S/C20H27NO3/c1-2-24-19(22)14-9-11-20(23,12-10-14)13-21-17-7-8-18(21)16-6-4-3-5-15(16)17/h3-6,14,17-18,23H,2,7-13H2,1H3. The number of hydrogen-bond donors (Lipinski definition) is 1. The van der Waals surface area contributed by atoms with Crippen molar-refractivity contribution in [2.24, 2.45) is 5.92 Å². The number of rotatable bonds is 4. The Morgan fingerprint density at radius 3 is 2.29 bits per heavy atom. The minimum absolute atomic E-state index is 0.0299. The van der Waals surface area contributed by atoms with Crippen molar-refractivity contribution >= 4 is 5.97 Å². The second-order valence-electron chi connectivity index (χ2n) is 7.66. The normalized spacial score (nSPS) is 35.0. The molecule has 3 aliphatic rings. The van der Waals surface area contributed by atoms with Crippen molar-refractivity contribution in [1.29, 1.82) is 0 Å². The van der Waals surface area contributed by atoms with Gasteiger partial charge < -0.3 is 9.84 Å². The van der Waals surface area contributed by atoms with E-state index in [1.54, 1.807) is 0 Å². The molecule has 1 aliphatic carbocycles. The van der Waals surface area contributed by atoms with Crippen LogP contribution in [0.15, 0.2) is 24.3 Å². The first-order valence-electron chi connectivity index (χ1n) is 9.35. The first kappa shape index (κ1) is 16.1. The summed E-state index contributed by atoms with van der Waals surface area (Å²) in [5.41, 5.74) is 2.25. The Morgan fingerprint density at radius 2 is 1.75 bits per heavy atom. The molecule has 2 heterocycles. The predicted molar refractivity (Wildman–Crippen MR) is 91.4 cm³/mol. The van der Waals surface area contributed by atoms with Crippen LogP contribution >= 0.6 is 0 Å². The number of carbonyl (C=O) groups is 1. The van der Waals surface area contributed by atoms with Crippen LogP contribution in [0.2, 0.25) is 0 Å². The summed E-state index contributed by atoms with van der Waals surface area (Å²) in [6, 6.07) is 9.67. The van der Waals surface area contributed by atoms with Crippen LogP contribution in [0.25, 0.3) is 0 Å². The van der Waals surface area contributed by atoms with Gasteiger partial charge in [-0.15, -0.1) is 0 Å². The van der Waals surface area contributed by atoms with E-state index in [0.29, 0.717) is 31.5 Å². The first-order chi connectivity index (χ1) is 11.6. The maximum atomic E-state index is 11.9. The molecule has 2 fully saturated rings. The number of fused-ring (bicyclic) bond motifs is 5. The minimum atomic E-state index is -0.661. The fraction of sp³-hybridized carbons (Fsp3) is 0.650. The Balaban J connectivity index is 1.41. The van der Waals surface area contributed by atoms with E-state index >= 15 is 0 Å². The van der Waals surface area contributed by atoms with E-state index in [0.717, 1.165) is 19.4 Å². The minimum Gasteiger partial charge on any atom is -0.466 e. The monoisotopic (exact) mass is 329 g/mol. The van der Waals surface area contributed by atoms with E-state index in [1.807, 2.05) is 6.92 Å². The Labute approximate surface area is 143 Å². The van der Waals surface area contributed by atoms with Gasteiger partial charge in [-0.2, -0.15) is 0 Å². The Hall–Kier alpha value is -1.39. The zero-order valence-corrected chi connectivity index (χ0v) is 14.4. The topological polar surface area (TPSA) is 49.8 Å². The highest BCUT2D eigenvalue weighted by Gasteiger charge is 2.47. The first-order valence-corrected chi connectivity index (χ1v) is 9.35. The average molecular weight is 329 g/mol. The summed E-state index contributed by atoms with van der Waals surface area (Å²) in [6.45, 7) is 3.01. The number of aliphatic hydroxyl groups is 1. The molecule has 1 saturated heterocycles. The van der Waals surface area contributed by atoms with Crippen molar-refractivity contribution in [3.63, 3.8) is 0 Å². The molecule has 0 amide bonds. The fourth-order valence-electron chi connectivity index (χ4n) is 5.02. The van der Waals surface area contributed by atoms with Gasteiger partial charge in [0.05, 0.1) is 18.1 Å². The van der Waals surface area contributed by atoms with Gasteiger partial charge in [0.2, 0.25) is 0 Å². The van der Waals surface area contributed by atoms with Crippen molar-refractivity contribution in [3.8, 4) is 0 Å². The Kier molecular flexibility index (Phi) is 4.13. The molecular weight excluding hydrogens is 302 g/mol. The lowest BCUT2D eigenvalue weighted by molar-refractivity contribution is -0.151. The van der Waals surface area contributed by atoms with Crippen LogP contribution in [0.4, 0.5) is 0 Å². The van der Waals surface area contributed by atoms with Crippen molar-refractivity contribution in [1.82, 2.24) is 4.90 Å². The Morgan fingerprint density at radius 1 is 1.17 bits per heavy atom. The summed E-state index contributed by atoms with van der Waals surface area (Å²) in [5.74, 6) is -0.120. The molecule has 0 spiro atoms. The van der Waals surface area contributed by atoms with Crippen molar-refractivity contribution in [3.05, 3.63) is 35.4 Å². The molecule has 1 N–H and O–H groups in total. The van der Waals surface area contributed by atoms with E-state index < -0.39 is 5.60 Å². The maximum absolute atomic E-state index is 11.9. The van der Waals surface area contributed by atoms with E-state index in [1.165, 1.54) is 24.0 Å². The smallest absolute Gasteiger partial charge is 0.308 e. The summed E-state index contributed by atoms with van der Waals surface area (Å²) in [4.78, 5) is 14.4. The quantitative estimate of drug-likeness (QED) is 0.861. The van der Waals surface area contributed by atoms with Crippen LogP contribution in [0.3, 0.4) is 0 Å². The third kappa shape index (κ3) is 2.66. The van der Waals surface area contributed by atoms with Crippen LogP contribution in [-0.2, 0) is 9.53 Å². The molecule has 0 aromatic heterocycles. The summed E-state index contributed by atoms with van der Waals surface area (Å²) >= 11 is 0. The van der Waals surface area contributed by atoms with Gasteiger partial charge in [-0.3, -0.25) is 9.69 Å². The van der Waals surface area contributed by atoms with Crippen LogP contribution in [0.5, 0.6) is 0 Å². The number of benzene rings is 1. The second-order valence-corrected chi connectivity index (χ2v) is 7.66. The average Bonchev–Trinajstić information content (AvgIpc) is 3.11. The van der Waals surface area contributed by atoms with E-state index in [4.69, 9.17) is 4.74 Å². The molecule has 1 saturated carbocycles. The SMILES string of the molecule is CCOC(=O)C1CCC(O)(CN2C3CCC2c2ccccc23)CC1. The van der Waals surface area contributed by atoms with Crippen LogP contribution in [-0.4, -0.2) is 34.7 Å². The highest BCUT2D eigenvalue weighted by Crippen LogP contribution is 2.53. The molecule has 2 bridgehead atoms. The van der Waals surface area contributed by atoms with Gasteiger partial charge in [0.15, 0.2) is 0 Å². The van der Waals surface area contributed by atoms with Gasteiger partial charge in [-0.05, 0) is 56.6 Å². The van der Waals surface area contributed by atoms with Crippen molar-refractivity contribution in [2.45, 2.75) is 63.1 Å². The summed E-state index contributed by atoms with van der Waals surface area (Å²) < 4.78 is 5.14. The zero-order valence-electron chi connectivity index (χ0n) is 14.4. The van der Waals surface area contributed by atoms with Crippen LogP contribution in [0.1, 0.15) is 68.7 Å². The summed E-state index contributed by atoms with van der Waals surface area (Å²) in [5, 5.41) is 11.1. The van der Waals surface area contributed by atoms with E-state index in [-0.39, 0.29) is 11.9 Å². The molecule has 2 aliphatic heterocycles. The number of nitrogens with zero attached hydrogens (tertiary/aromatic N) is 1. The molecule has 1 aromatic carbocycles. The number of ether oxygens (including phenoxy) is 1. The van der Waals surface area contributed by atoms with Gasteiger partial charge in [0.1, 0.15) is 0 Å². The molecule has 4 heteroatoms. The molecular formula is C20H27NO3. The number of esters is 1. The van der Waals surface area contributed by atoms with E-state index in [9.17, 15) is 9.90 Å². The Bertz CT molecular complexity index is 590. The van der Waals surface area contributed by atoms with Gasteiger partial charge in [0.25, 0.3) is 0 Å². The molecule has 2 unspecified atom stereocenters. The zero-order chi connectivity index (χ0) is 16.7. The third-order valence-corrected chi connectivity index (χ3v) is 6.24. The molecule has 1 aromatic rings. The number of carbonyl (C=O) groups excluding carboxylic acids is 1. The van der Waals surface area contributed by atoms with Crippen LogP contribution < -0.4 is 0 Å². The summed E-state index contributed by atoms with van der Waals surface area (Å²) in [6.07, 6.45) is 5.27. The van der Waals surface area contributed by atoms with E-state index in [2.05, 4.69) is 29.2 Å². The predicted octanol–water partition coefficient (Wildman–Crippen LogP) is 3.36. The van der Waals surface area contributed by atoms with Gasteiger partial charge in [0, 0.05) is 18.6 Å². The number of hydrogen-bond acceptors (Lipinski definition) is 4. The molecule has 2 atom stereocenters. The highest BCUT2D eigenvalue weighted by atomic mass is 16.5. The molecule has 130 valence electrons. The lowest BCUT2D eigenvalue weighted by atomic mass is 9.78. The third-order valence-electron chi connectivity index (χ3n) is 6.24. The van der Waals surface area contributed by atoms with Crippen LogP contribution in [0, 0.1) is 5.92 Å². The molecule has 4 rings (SSSR count). The molecule has 0 radical (unpaired) electrons. The lowest BCUT2D eigenvalue weighted by Gasteiger charge is -2.39. The van der Waals surface area contributed by atoms with Gasteiger partial charge in [-0.1, -0.05) is 24.3 Å². The van der Waals surface area contributed by atoms with Crippen molar-refractivity contribution in [2.75, 3.05) is 13.2 Å². The fourth-order valence-corrected chi connectivity index (χ4v) is 5.02. The molecule has 4 nitrogen and oxygen atoms in total. The maximum Gasteiger partial charge on any atom is 0.308 e. The summed E-state index contributed by atoms with van der Waals surface area (Å²) in [7, 11) is 0. The lowest BCUT2D eigenvalue weighted by Crippen LogP contribution is -2.45. The van der Waals surface area contributed by atoms with Crippen molar-refractivity contribution < 1.29 is 14.6 Å². The highest BCUT2D eigenvalue weighted by molar-refractivity contribution is 5.72. The van der Waals surface area contributed by atoms with Gasteiger partial charge in [-0.25, -0.2) is 0 Å². The largest absolute Gasteiger partial charge is 0.466 e. The molecule has 24 heavy (non-hydrogen) atoms.